The fraction of sp³-hybridized carbons (Fsp3) is 0.350. The summed E-state index contributed by atoms with van der Waals surface area (Å²) in [6.45, 7) is 2.21. The summed E-state index contributed by atoms with van der Waals surface area (Å²) < 4.78 is 5.24. The van der Waals surface area contributed by atoms with E-state index in [9.17, 15) is 10.1 Å². The zero-order valence-electron chi connectivity index (χ0n) is 15.2. The highest BCUT2D eigenvalue weighted by atomic mass is 35.5. The number of benzene rings is 1. The van der Waals surface area contributed by atoms with Crippen LogP contribution < -0.4 is 10.1 Å². The molecular weight excluding hydrogens is 382 g/mol. The lowest BCUT2D eigenvalue weighted by atomic mass is 9.87. The predicted molar refractivity (Wildman–Crippen MR) is 107 cm³/mol. The first-order valence-electron chi connectivity index (χ1n) is 8.69. The maximum atomic E-state index is 12.4. The summed E-state index contributed by atoms with van der Waals surface area (Å²) in [6, 6.07) is 9.17. The lowest BCUT2D eigenvalue weighted by molar-refractivity contribution is -0.113. The van der Waals surface area contributed by atoms with E-state index in [2.05, 4.69) is 23.3 Å². The molecule has 1 aliphatic rings. The van der Waals surface area contributed by atoms with Crippen LogP contribution in [0.5, 0.6) is 5.75 Å². The quantitative estimate of drug-likeness (QED) is 0.748. The second-order valence-electron chi connectivity index (χ2n) is 6.59. The molecule has 3 rings (SSSR count). The Morgan fingerprint density at radius 1 is 1.48 bits per heavy atom. The normalized spacial score (nSPS) is 15.6. The molecular formula is C20H20ClN3O2S. The van der Waals surface area contributed by atoms with Gasteiger partial charge in [0, 0.05) is 10.7 Å². The Morgan fingerprint density at radius 2 is 2.30 bits per heavy atom. The van der Waals surface area contributed by atoms with Gasteiger partial charge in [0.2, 0.25) is 5.91 Å². The van der Waals surface area contributed by atoms with Gasteiger partial charge in [-0.15, -0.1) is 0 Å². The molecule has 27 heavy (non-hydrogen) atoms. The highest BCUT2D eigenvalue weighted by Gasteiger charge is 2.20. The number of halogens is 1. The predicted octanol–water partition coefficient (Wildman–Crippen LogP) is 4.47. The summed E-state index contributed by atoms with van der Waals surface area (Å²) in [4.78, 5) is 17.0. The monoisotopic (exact) mass is 401 g/mol. The van der Waals surface area contributed by atoms with Crippen molar-refractivity contribution in [3.8, 4) is 11.8 Å². The van der Waals surface area contributed by atoms with E-state index in [1.54, 1.807) is 18.2 Å². The molecule has 1 unspecified atom stereocenters. The van der Waals surface area contributed by atoms with E-state index >= 15 is 0 Å². The van der Waals surface area contributed by atoms with Gasteiger partial charge in [-0.25, -0.2) is 4.98 Å². The summed E-state index contributed by atoms with van der Waals surface area (Å²) in [5.74, 6) is 1.09. The smallest absolute Gasteiger partial charge is 0.234 e. The number of aromatic nitrogens is 1. The summed E-state index contributed by atoms with van der Waals surface area (Å²) in [6.07, 6.45) is 2.98. The summed E-state index contributed by atoms with van der Waals surface area (Å²) in [7, 11) is 1.53. The summed E-state index contributed by atoms with van der Waals surface area (Å²) >= 11 is 7.26. The highest BCUT2D eigenvalue weighted by molar-refractivity contribution is 8.00. The fourth-order valence-corrected chi connectivity index (χ4v) is 4.06. The Bertz CT molecular complexity index is 911. The maximum Gasteiger partial charge on any atom is 0.234 e. The summed E-state index contributed by atoms with van der Waals surface area (Å²) in [5, 5.41) is 13.4. The van der Waals surface area contributed by atoms with Crippen molar-refractivity contribution >= 4 is 35.0 Å². The third-order valence-electron chi connectivity index (χ3n) is 4.49. The molecule has 0 spiro atoms. The molecule has 1 aliphatic carbocycles. The third kappa shape index (κ3) is 4.74. The maximum absolute atomic E-state index is 12.4. The van der Waals surface area contributed by atoms with Crippen LogP contribution in [0, 0.1) is 17.2 Å². The van der Waals surface area contributed by atoms with Crippen LogP contribution in [0.15, 0.2) is 29.3 Å². The number of ether oxygens (including phenoxy) is 1. The number of nitrogens with one attached hydrogen (secondary N) is 1. The second-order valence-corrected chi connectivity index (χ2v) is 7.99. The molecule has 0 bridgehead atoms. The number of nitriles is 1. The molecule has 1 N–H and O–H groups in total. The number of rotatable bonds is 5. The first kappa shape index (κ1) is 19.5. The zero-order chi connectivity index (χ0) is 19.4. The van der Waals surface area contributed by atoms with Gasteiger partial charge in [-0.2, -0.15) is 5.26 Å². The third-order valence-corrected chi connectivity index (χ3v) is 5.72. The van der Waals surface area contributed by atoms with Gasteiger partial charge in [0.05, 0.1) is 24.1 Å². The number of methoxy groups -OCH3 is 1. The molecule has 0 fully saturated rings. The number of pyridine rings is 1. The minimum Gasteiger partial charge on any atom is -0.495 e. The average molecular weight is 402 g/mol. The Kier molecular flexibility index (Phi) is 6.25. The van der Waals surface area contributed by atoms with Crippen LogP contribution >= 0.6 is 23.4 Å². The van der Waals surface area contributed by atoms with Crippen LogP contribution in [-0.4, -0.2) is 23.8 Å². The minimum absolute atomic E-state index is 0.145. The van der Waals surface area contributed by atoms with Gasteiger partial charge >= 0.3 is 0 Å². The van der Waals surface area contributed by atoms with Gasteiger partial charge in [-0.3, -0.25) is 4.79 Å². The number of anilines is 1. The molecule has 1 atom stereocenters. The van der Waals surface area contributed by atoms with E-state index in [4.69, 9.17) is 16.3 Å². The van der Waals surface area contributed by atoms with Gasteiger partial charge in [-0.1, -0.05) is 30.3 Å². The van der Waals surface area contributed by atoms with Crippen LogP contribution in [0.1, 0.15) is 30.2 Å². The van der Waals surface area contributed by atoms with Crippen molar-refractivity contribution in [2.75, 3.05) is 18.2 Å². The van der Waals surface area contributed by atoms with Crippen molar-refractivity contribution in [2.24, 2.45) is 5.92 Å². The highest BCUT2D eigenvalue weighted by Crippen LogP contribution is 2.30. The topological polar surface area (TPSA) is 75.0 Å². The Hall–Kier alpha value is -2.23. The molecule has 5 nitrogen and oxygen atoms in total. The molecule has 1 heterocycles. The van der Waals surface area contributed by atoms with Gasteiger partial charge in [0.1, 0.15) is 16.8 Å². The van der Waals surface area contributed by atoms with Gasteiger partial charge in [0.25, 0.3) is 0 Å². The van der Waals surface area contributed by atoms with E-state index in [1.807, 2.05) is 6.07 Å². The number of nitrogens with zero attached hydrogens (tertiary/aromatic N) is 2. The molecule has 0 aliphatic heterocycles. The van der Waals surface area contributed by atoms with E-state index in [0.717, 1.165) is 30.5 Å². The van der Waals surface area contributed by atoms with Gasteiger partial charge in [-0.05, 0) is 55.0 Å². The van der Waals surface area contributed by atoms with Crippen LogP contribution in [0.4, 0.5) is 5.69 Å². The molecule has 140 valence electrons. The number of fused-ring (bicyclic) bond motifs is 1. The Labute approximate surface area is 168 Å². The molecule has 1 amide bonds. The second kappa shape index (κ2) is 8.64. The molecule has 0 radical (unpaired) electrons. The number of thioether (sulfide) groups is 1. The van der Waals surface area contributed by atoms with E-state index in [0.29, 0.717) is 33.0 Å². The Balaban J connectivity index is 1.71. The fourth-order valence-electron chi connectivity index (χ4n) is 3.12. The van der Waals surface area contributed by atoms with Crippen molar-refractivity contribution in [1.82, 2.24) is 4.98 Å². The zero-order valence-corrected chi connectivity index (χ0v) is 16.8. The molecule has 2 aromatic rings. The van der Waals surface area contributed by atoms with Gasteiger partial charge < -0.3 is 10.1 Å². The number of carbonyl (C=O) groups excluding carboxylic acids is 1. The van der Waals surface area contributed by atoms with Crippen LogP contribution in [-0.2, 0) is 17.6 Å². The van der Waals surface area contributed by atoms with E-state index < -0.39 is 0 Å². The first-order valence-corrected chi connectivity index (χ1v) is 10.1. The standard InChI is InChI=1S/C20H20ClN3O2S/c1-12-3-5-16-13(7-12)8-14(10-22)20(24-16)27-11-19(25)23-17-9-15(21)4-6-18(17)26-2/h4,6,8-9,12H,3,5,7,11H2,1-2H3,(H,23,25). The van der Waals surface area contributed by atoms with Crippen molar-refractivity contribution in [2.45, 2.75) is 31.2 Å². The first-order chi connectivity index (χ1) is 13.0. The van der Waals surface area contributed by atoms with Gasteiger partial charge in [0.15, 0.2) is 0 Å². The Morgan fingerprint density at radius 3 is 3.04 bits per heavy atom. The van der Waals surface area contributed by atoms with E-state index in [-0.39, 0.29) is 11.7 Å². The minimum atomic E-state index is -0.211. The number of hydrogen-bond acceptors (Lipinski definition) is 5. The lowest BCUT2D eigenvalue weighted by Crippen LogP contribution is -2.16. The SMILES string of the molecule is COc1ccc(Cl)cc1NC(=O)CSc1nc2c(cc1C#N)CC(C)CC2. The number of aryl methyl sites for hydroxylation is 1. The van der Waals surface area contributed by atoms with Crippen LogP contribution in [0.2, 0.25) is 5.02 Å². The molecule has 1 aromatic carbocycles. The summed E-state index contributed by atoms with van der Waals surface area (Å²) in [5.41, 5.74) is 3.25. The average Bonchev–Trinajstić information content (AvgIpc) is 2.65. The van der Waals surface area contributed by atoms with Crippen molar-refractivity contribution < 1.29 is 9.53 Å². The van der Waals surface area contributed by atoms with E-state index in [1.165, 1.54) is 18.9 Å². The van der Waals surface area contributed by atoms with Crippen molar-refractivity contribution in [3.05, 3.63) is 46.1 Å². The van der Waals surface area contributed by atoms with Crippen LogP contribution in [0.25, 0.3) is 0 Å². The lowest BCUT2D eigenvalue weighted by Gasteiger charge is -2.21. The molecule has 0 saturated carbocycles. The number of amides is 1. The largest absolute Gasteiger partial charge is 0.495 e. The number of hydrogen-bond donors (Lipinski definition) is 1. The van der Waals surface area contributed by atoms with Crippen LogP contribution in [0.3, 0.4) is 0 Å². The molecule has 1 aromatic heterocycles. The van der Waals surface area contributed by atoms with Crippen molar-refractivity contribution in [3.63, 3.8) is 0 Å². The number of carbonyl (C=O) groups is 1. The molecule has 0 saturated heterocycles. The van der Waals surface area contributed by atoms with Crippen molar-refractivity contribution in [1.29, 1.82) is 5.26 Å². The molecule has 7 heteroatoms.